The fraction of sp³-hybridized carbons (Fsp3) is 0. The van der Waals surface area contributed by atoms with Crippen LogP contribution >= 0.6 is 11.6 Å². The van der Waals surface area contributed by atoms with Crippen molar-refractivity contribution < 1.29 is 24.6 Å². The van der Waals surface area contributed by atoms with Gasteiger partial charge in [-0.05, 0) is 36.4 Å². The van der Waals surface area contributed by atoms with Crippen LogP contribution in [-0.2, 0) is 9.59 Å². The van der Waals surface area contributed by atoms with Gasteiger partial charge in [0, 0.05) is 39.3 Å². The fourth-order valence-electron chi connectivity index (χ4n) is 3.15. The van der Waals surface area contributed by atoms with Gasteiger partial charge < -0.3 is 20.5 Å². The Balaban J connectivity index is 1.82. The number of hydrogen-bond donors (Lipinski definition) is 4. The molecule has 29 heavy (non-hydrogen) atoms. The monoisotopic (exact) mass is 408 g/mol. The number of rotatable bonds is 3. The zero-order valence-corrected chi connectivity index (χ0v) is 15.4. The number of amides is 1. The molecule has 1 aliphatic carbocycles. The smallest absolute Gasteiger partial charge is 0.255 e. The maximum absolute atomic E-state index is 12.6. The third-order valence-electron chi connectivity index (χ3n) is 4.53. The summed E-state index contributed by atoms with van der Waals surface area (Å²) in [5, 5.41) is 23.6. The van der Waals surface area contributed by atoms with Crippen LogP contribution in [-0.4, -0.2) is 32.7 Å². The Morgan fingerprint density at radius 2 is 1.76 bits per heavy atom. The van der Waals surface area contributed by atoms with Gasteiger partial charge in [0.05, 0.1) is 11.3 Å². The number of allylic oxidation sites excluding steroid dienone is 2. The van der Waals surface area contributed by atoms with Gasteiger partial charge in [-0.3, -0.25) is 14.4 Å². The highest BCUT2D eigenvalue weighted by Crippen LogP contribution is 2.35. The number of aliphatic hydroxyl groups excluding tert-OH is 2. The van der Waals surface area contributed by atoms with E-state index in [-0.39, 0.29) is 11.1 Å². The van der Waals surface area contributed by atoms with Crippen LogP contribution in [0.4, 0.5) is 5.69 Å². The molecule has 0 saturated carbocycles. The van der Waals surface area contributed by atoms with Crippen molar-refractivity contribution in [1.29, 1.82) is 0 Å². The van der Waals surface area contributed by atoms with Crippen LogP contribution in [0.25, 0.3) is 16.5 Å². The van der Waals surface area contributed by atoms with Crippen LogP contribution in [0.15, 0.2) is 66.3 Å². The highest BCUT2D eigenvalue weighted by molar-refractivity contribution is 6.38. The van der Waals surface area contributed by atoms with Crippen molar-refractivity contribution in [1.82, 2.24) is 4.98 Å². The van der Waals surface area contributed by atoms with E-state index in [0.717, 1.165) is 0 Å². The van der Waals surface area contributed by atoms with Crippen molar-refractivity contribution in [3.63, 3.8) is 0 Å². The largest absolute Gasteiger partial charge is 0.504 e. The summed E-state index contributed by atoms with van der Waals surface area (Å²) in [6, 6.07) is 11.3. The number of carbonyl (C=O) groups is 3. The van der Waals surface area contributed by atoms with E-state index < -0.39 is 29.0 Å². The Labute approximate surface area is 168 Å². The number of H-pyrrole nitrogens is 1. The predicted octanol–water partition coefficient (Wildman–Crippen LogP) is 3.94. The minimum absolute atomic E-state index is 0.183. The van der Waals surface area contributed by atoms with E-state index in [1.165, 1.54) is 6.20 Å². The van der Waals surface area contributed by atoms with Crippen molar-refractivity contribution in [2.75, 3.05) is 5.32 Å². The standard InChI is InChI=1S/C21H13ClN2O5/c22-11-6-4-10(5-7-11)21(29)24-14-3-1-2-13-17(14)12(9-23-13)18-19(27)15(25)8-16(26)20(18)28/h1-9,23,25,28H,(H,24,29). The van der Waals surface area contributed by atoms with Crippen molar-refractivity contribution in [2.24, 2.45) is 0 Å². The number of nitrogens with one attached hydrogen (secondary N) is 2. The molecule has 1 aliphatic rings. The number of aromatic amines is 1. The Morgan fingerprint density at radius 3 is 2.48 bits per heavy atom. The highest BCUT2D eigenvalue weighted by atomic mass is 35.5. The number of aliphatic hydroxyl groups is 2. The van der Waals surface area contributed by atoms with E-state index in [2.05, 4.69) is 10.3 Å². The first-order valence-corrected chi connectivity index (χ1v) is 8.85. The lowest BCUT2D eigenvalue weighted by molar-refractivity contribution is -0.117. The van der Waals surface area contributed by atoms with Crippen molar-refractivity contribution in [2.45, 2.75) is 0 Å². The second kappa shape index (κ2) is 6.96. The lowest BCUT2D eigenvalue weighted by Crippen LogP contribution is -2.18. The molecule has 0 bridgehead atoms. The molecule has 3 aromatic rings. The van der Waals surface area contributed by atoms with Crippen LogP contribution in [0, 0.1) is 0 Å². The van der Waals surface area contributed by atoms with Crippen molar-refractivity contribution >= 4 is 51.2 Å². The Hall–Kier alpha value is -3.84. The van der Waals surface area contributed by atoms with Gasteiger partial charge in [-0.1, -0.05) is 17.7 Å². The van der Waals surface area contributed by atoms with Gasteiger partial charge in [0.1, 0.15) is 0 Å². The predicted molar refractivity (Wildman–Crippen MR) is 108 cm³/mol. The molecular formula is C21H13ClN2O5. The highest BCUT2D eigenvalue weighted by Gasteiger charge is 2.31. The minimum atomic E-state index is -0.887. The summed E-state index contributed by atoms with van der Waals surface area (Å²) >= 11 is 5.85. The van der Waals surface area contributed by atoms with E-state index in [1.807, 2.05) is 0 Å². The number of fused-ring (bicyclic) bond motifs is 1. The number of halogens is 1. The van der Waals surface area contributed by atoms with Crippen LogP contribution in [0.2, 0.25) is 5.02 Å². The first-order chi connectivity index (χ1) is 13.9. The van der Waals surface area contributed by atoms with Crippen molar-refractivity contribution in [3.8, 4) is 0 Å². The Bertz CT molecular complexity index is 1250. The maximum atomic E-state index is 12.6. The van der Waals surface area contributed by atoms with E-state index in [9.17, 15) is 24.6 Å². The molecule has 0 spiro atoms. The SMILES string of the molecule is O=C1C=C(O)C(=O)C(c2c[nH]c3cccc(NC(=O)c4ccc(Cl)cc4)c23)=C1O. The third kappa shape index (κ3) is 3.17. The maximum Gasteiger partial charge on any atom is 0.255 e. The molecule has 0 aliphatic heterocycles. The molecule has 0 radical (unpaired) electrons. The van der Waals surface area contributed by atoms with Crippen LogP contribution in [0.5, 0.6) is 0 Å². The molecule has 0 saturated heterocycles. The zero-order valence-electron chi connectivity index (χ0n) is 14.7. The van der Waals surface area contributed by atoms with Crippen molar-refractivity contribution in [3.05, 3.63) is 82.4 Å². The minimum Gasteiger partial charge on any atom is -0.504 e. The third-order valence-corrected chi connectivity index (χ3v) is 4.78. The van der Waals surface area contributed by atoms with E-state index in [1.54, 1.807) is 42.5 Å². The fourth-order valence-corrected chi connectivity index (χ4v) is 3.27. The van der Waals surface area contributed by atoms with E-state index in [4.69, 9.17) is 11.6 Å². The number of aromatic nitrogens is 1. The van der Waals surface area contributed by atoms with E-state index >= 15 is 0 Å². The van der Waals surface area contributed by atoms with Gasteiger partial charge in [0.2, 0.25) is 11.6 Å². The van der Waals surface area contributed by atoms with Gasteiger partial charge in [-0.25, -0.2) is 0 Å². The molecule has 0 unspecified atom stereocenters. The second-order valence-electron chi connectivity index (χ2n) is 6.34. The van der Waals surface area contributed by atoms with Gasteiger partial charge >= 0.3 is 0 Å². The summed E-state index contributed by atoms with van der Waals surface area (Å²) in [4.78, 5) is 39.8. The normalized spacial score (nSPS) is 14.3. The lowest BCUT2D eigenvalue weighted by atomic mass is 9.92. The quantitative estimate of drug-likeness (QED) is 0.489. The average Bonchev–Trinajstić information content (AvgIpc) is 3.12. The zero-order chi connectivity index (χ0) is 20.7. The summed E-state index contributed by atoms with van der Waals surface area (Å²) in [6.07, 6.45) is 2.09. The first-order valence-electron chi connectivity index (χ1n) is 8.47. The molecule has 8 heteroatoms. The van der Waals surface area contributed by atoms with Crippen LogP contribution in [0.1, 0.15) is 15.9 Å². The summed E-state index contributed by atoms with van der Waals surface area (Å²) in [5.41, 5.74) is 1.13. The van der Waals surface area contributed by atoms with Gasteiger partial charge in [0.25, 0.3) is 5.91 Å². The molecule has 1 amide bonds. The Morgan fingerprint density at radius 1 is 1.03 bits per heavy atom. The number of benzene rings is 2. The first kappa shape index (κ1) is 18.5. The topological polar surface area (TPSA) is 119 Å². The molecule has 1 aromatic heterocycles. The van der Waals surface area contributed by atoms with Gasteiger partial charge in [0.15, 0.2) is 11.5 Å². The summed E-state index contributed by atoms with van der Waals surface area (Å²) in [6.45, 7) is 0. The lowest BCUT2D eigenvalue weighted by Gasteiger charge is -2.13. The molecule has 7 nitrogen and oxygen atoms in total. The molecule has 1 heterocycles. The number of ketones is 2. The summed E-state index contributed by atoms with van der Waals surface area (Å²) in [5.74, 6) is -3.71. The molecule has 0 fully saturated rings. The number of hydrogen-bond acceptors (Lipinski definition) is 5. The second-order valence-corrected chi connectivity index (χ2v) is 6.77. The van der Waals surface area contributed by atoms with Crippen LogP contribution in [0.3, 0.4) is 0 Å². The molecular weight excluding hydrogens is 396 g/mol. The summed E-state index contributed by atoms with van der Waals surface area (Å²) < 4.78 is 0. The number of carbonyl (C=O) groups excluding carboxylic acids is 3. The molecule has 2 aromatic carbocycles. The van der Waals surface area contributed by atoms with E-state index in [0.29, 0.717) is 33.3 Å². The average molecular weight is 409 g/mol. The molecule has 4 N–H and O–H groups in total. The number of anilines is 1. The molecule has 0 atom stereocenters. The van der Waals surface area contributed by atoms with Gasteiger partial charge in [-0.2, -0.15) is 0 Å². The molecule has 144 valence electrons. The molecule has 4 rings (SSSR count). The number of Topliss-reactive ketones (excluding diaryl/α,β-unsaturated/α-hetero) is 1. The van der Waals surface area contributed by atoms with Crippen LogP contribution < -0.4 is 5.32 Å². The summed E-state index contributed by atoms with van der Waals surface area (Å²) in [7, 11) is 0. The Kier molecular flexibility index (Phi) is 4.44. The van der Waals surface area contributed by atoms with Gasteiger partial charge in [-0.15, -0.1) is 0 Å².